The molecule has 1 atom stereocenters. The molecule has 1 fully saturated rings. The largest absolute Gasteiger partial charge is 0.381 e. The second kappa shape index (κ2) is 2.23. The molecule has 68 valence electrons. The zero-order chi connectivity index (χ0) is 8.89. The minimum atomic E-state index is -0.211. The predicted octanol–water partition coefficient (Wildman–Crippen LogP) is 1.87. The van der Waals surface area contributed by atoms with Gasteiger partial charge >= 0.3 is 0 Å². The summed E-state index contributed by atoms with van der Waals surface area (Å²) in [5.41, 5.74) is 1.79. The second-order valence-corrected chi connectivity index (χ2v) is 3.64. The van der Waals surface area contributed by atoms with Gasteiger partial charge in [0.2, 0.25) is 0 Å². The fourth-order valence-corrected chi connectivity index (χ4v) is 2.08. The van der Waals surface area contributed by atoms with Crippen molar-refractivity contribution in [1.29, 1.82) is 0 Å². The Balaban J connectivity index is 2.14. The Bertz CT molecular complexity index is 360. The molecule has 13 heavy (non-hydrogen) atoms. The van der Waals surface area contributed by atoms with E-state index in [4.69, 9.17) is 4.74 Å². The lowest BCUT2D eigenvalue weighted by Gasteiger charge is -2.38. The van der Waals surface area contributed by atoms with E-state index < -0.39 is 0 Å². The third-order valence-corrected chi connectivity index (χ3v) is 2.92. The van der Waals surface area contributed by atoms with Gasteiger partial charge in [0.1, 0.15) is 11.4 Å². The normalized spacial score (nSPS) is 29.6. The highest BCUT2D eigenvalue weighted by Crippen LogP contribution is 2.45. The fourth-order valence-electron chi connectivity index (χ4n) is 2.08. The molecule has 2 heterocycles. The molecule has 2 nitrogen and oxygen atoms in total. The Morgan fingerprint density at radius 3 is 3.00 bits per heavy atom. The van der Waals surface area contributed by atoms with Gasteiger partial charge in [-0.1, -0.05) is 0 Å². The van der Waals surface area contributed by atoms with E-state index in [0.717, 1.165) is 30.8 Å². The number of nitrogens with one attached hydrogen (secondary N) is 1. The molecule has 1 aromatic carbocycles. The van der Waals surface area contributed by atoms with E-state index in [9.17, 15) is 4.39 Å². The van der Waals surface area contributed by atoms with Crippen LogP contribution in [0, 0.1) is 5.82 Å². The number of benzene rings is 1. The van der Waals surface area contributed by atoms with Crippen LogP contribution in [0.2, 0.25) is 0 Å². The third-order valence-electron chi connectivity index (χ3n) is 2.92. The van der Waals surface area contributed by atoms with E-state index in [1.807, 2.05) is 0 Å². The van der Waals surface area contributed by atoms with Gasteiger partial charge in [-0.15, -0.1) is 0 Å². The Morgan fingerprint density at radius 1 is 1.46 bits per heavy atom. The van der Waals surface area contributed by atoms with E-state index >= 15 is 0 Å². The molecule has 0 bridgehead atoms. The third kappa shape index (κ3) is 0.851. The van der Waals surface area contributed by atoms with Crippen LogP contribution < -0.4 is 5.32 Å². The van der Waals surface area contributed by atoms with Crippen molar-refractivity contribution in [2.45, 2.75) is 12.0 Å². The quantitative estimate of drug-likeness (QED) is 0.656. The molecule has 2 aliphatic heterocycles. The highest BCUT2D eigenvalue weighted by molar-refractivity contribution is 5.59. The van der Waals surface area contributed by atoms with E-state index in [1.165, 1.54) is 6.07 Å². The Labute approximate surface area is 75.7 Å². The summed E-state index contributed by atoms with van der Waals surface area (Å²) in [6.45, 7) is 1.57. The second-order valence-electron chi connectivity index (χ2n) is 3.64. The van der Waals surface area contributed by atoms with Crippen LogP contribution in [-0.2, 0) is 10.3 Å². The van der Waals surface area contributed by atoms with Gasteiger partial charge in [0, 0.05) is 24.2 Å². The van der Waals surface area contributed by atoms with Crippen molar-refractivity contribution in [3.05, 3.63) is 29.6 Å². The van der Waals surface area contributed by atoms with E-state index in [2.05, 4.69) is 5.32 Å². The number of anilines is 1. The van der Waals surface area contributed by atoms with E-state index in [0.29, 0.717) is 0 Å². The molecule has 3 heteroatoms. The van der Waals surface area contributed by atoms with Crippen LogP contribution in [0.15, 0.2) is 18.2 Å². The van der Waals surface area contributed by atoms with Gasteiger partial charge in [0.25, 0.3) is 0 Å². The number of ether oxygens (including phenoxy) is 1. The van der Waals surface area contributed by atoms with Crippen molar-refractivity contribution < 1.29 is 9.13 Å². The monoisotopic (exact) mass is 179 g/mol. The standard InChI is InChI=1S/C10H10FNO/c11-7-1-2-9-8(5-7)10(6-12-9)3-4-13-10/h1-2,5,12H,3-4,6H2. The summed E-state index contributed by atoms with van der Waals surface area (Å²) >= 11 is 0. The van der Waals surface area contributed by atoms with Crippen molar-refractivity contribution in [2.24, 2.45) is 0 Å². The summed E-state index contributed by atoms with van der Waals surface area (Å²) < 4.78 is 18.5. The van der Waals surface area contributed by atoms with Gasteiger partial charge < -0.3 is 10.1 Å². The van der Waals surface area contributed by atoms with Gasteiger partial charge in [0.05, 0.1) is 6.61 Å². The summed E-state index contributed by atoms with van der Waals surface area (Å²) in [5.74, 6) is -0.183. The Hall–Kier alpha value is -1.09. The van der Waals surface area contributed by atoms with Gasteiger partial charge in [-0.2, -0.15) is 0 Å². The molecule has 1 unspecified atom stereocenters. The average Bonchev–Trinajstić information content (AvgIpc) is 2.41. The predicted molar refractivity (Wildman–Crippen MR) is 47.1 cm³/mol. The summed E-state index contributed by atoms with van der Waals surface area (Å²) in [7, 11) is 0. The minimum Gasteiger partial charge on any atom is -0.381 e. The van der Waals surface area contributed by atoms with Crippen molar-refractivity contribution in [3.8, 4) is 0 Å². The molecule has 0 saturated carbocycles. The van der Waals surface area contributed by atoms with Crippen LogP contribution in [0.4, 0.5) is 10.1 Å². The lowest BCUT2D eigenvalue weighted by Crippen LogP contribution is -2.42. The Morgan fingerprint density at radius 2 is 2.31 bits per heavy atom. The maximum Gasteiger partial charge on any atom is 0.123 e. The smallest absolute Gasteiger partial charge is 0.123 e. The number of fused-ring (bicyclic) bond motifs is 2. The number of rotatable bonds is 0. The van der Waals surface area contributed by atoms with E-state index in [-0.39, 0.29) is 11.4 Å². The zero-order valence-corrected chi connectivity index (χ0v) is 7.14. The van der Waals surface area contributed by atoms with Crippen LogP contribution in [-0.4, -0.2) is 13.2 Å². The molecule has 1 saturated heterocycles. The summed E-state index contributed by atoms with van der Waals surface area (Å²) in [6.07, 6.45) is 0.996. The molecule has 2 aliphatic rings. The van der Waals surface area contributed by atoms with Gasteiger partial charge in [-0.3, -0.25) is 0 Å². The van der Waals surface area contributed by atoms with E-state index in [1.54, 1.807) is 12.1 Å². The molecule has 3 rings (SSSR count). The highest BCUT2D eigenvalue weighted by atomic mass is 19.1. The lowest BCUT2D eigenvalue weighted by molar-refractivity contribution is -0.139. The van der Waals surface area contributed by atoms with Crippen LogP contribution in [0.1, 0.15) is 12.0 Å². The van der Waals surface area contributed by atoms with Gasteiger partial charge in [-0.25, -0.2) is 4.39 Å². The molecular formula is C10H10FNO. The topological polar surface area (TPSA) is 21.3 Å². The van der Waals surface area contributed by atoms with Gasteiger partial charge in [-0.05, 0) is 18.2 Å². The fraction of sp³-hybridized carbons (Fsp3) is 0.400. The number of halogens is 1. The minimum absolute atomic E-state index is 0.183. The van der Waals surface area contributed by atoms with Crippen LogP contribution in [0.5, 0.6) is 0 Å². The van der Waals surface area contributed by atoms with Crippen molar-refractivity contribution in [3.63, 3.8) is 0 Å². The maximum atomic E-state index is 13.0. The molecule has 1 aromatic rings. The van der Waals surface area contributed by atoms with Crippen molar-refractivity contribution in [2.75, 3.05) is 18.5 Å². The SMILES string of the molecule is Fc1ccc2c(c1)C1(CCO1)CN2. The Kier molecular flexibility index (Phi) is 1.26. The molecule has 1 N–H and O–H groups in total. The summed E-state index contributed by atoms with van der Waals surface area (Å²) in [5, 5.41) is 3.23. The summed E-state index contributed by atoms with van der Waals surface area (Å²) in [4.78, 5) is 0. The number of hydrogen-bond acceptors (Lipinski definition) is 2. The van der Waals surface area contributed by atoms with Crippen LogP contribution in [0.3, 0.4) is 0 Å². The molecule has 0 radical (unpaired) electrons. The average molecular weight is 179 g/mol. The first kappa shape index (κ1) is 7.33. The molecule has 0 aliphatic carbocycles. The first-order chi connectivity index (χ1) is 6.30. The zero-order valence-electron chi connectivity index (χ0n) is 7.14. The maximum absolute atomic E-state index is 13.0. The molecule has 1 spiro atoms. The summed E-state index contributed by atoms with van der Waals surface area (Å²) in [6, 6.07) is 4.83. The first-order valence-corrected chi connectivity index (χ1v) is 4.48. The van der Waals surface area contributed by atoms with Crippen LogP contribution in [0.25, 0.3) is 0 Å². The molecule has 0 aromatic heterocycles. The van der Waals surface area contributed by atoms with Gasteiger partial charge in [0.15, 0.2) is 0 Å². The lowest BCUT2D eigenvalue weighted by atomic mass is 9.88. The number of hydrogen-bond donors (Lipinski definition) is 1. The van der Waals surface area contributed by atoms with Crippen molar-refractivity contribution >= 4 is 5.69 Å². The molecule has 0 amide bonds. The molecular weight excluding hydrogens is 169 g/mol. The first-order valence-electron chi connectivity index (χ1n) is 4.48. The highest BCUT2D eigenvalue weighted by Gasteiger charge is 2.45. The van der Waals surface area contributed by atoms with Crippen LogP contribution >= 0.6 is 0 Å². The van der Waals surface area contributed by atoms with Crippen molar-refractivity contribution in [1.82, 2.24) is 0 Å².